The van der Waals surface area contributed by atoms with Crippen LogP contribution in [0.3, 0.4) is 0 Å². The number of phosphoric ester groups is 1. The molecule has 0 aromatic carbocycles. The first-order chi connectivity index (χ1) is 40.5. The van der Waals surface area contributed by atoms with Gasteiger partial charge in [0.05, 0.1) is 39.9 Å². The maximum Gasteiger partial charge on any atom is 0.472 e. The maximum absolute atomic E-state index is 13.0. The van der Waals surface area contributed by atoms with Crippen molar-refractivity contribution in [1.82, 2.24) is 5.32 Å². The maximum atomic E-state index is 13.0. The average molecular weight is 1190 g/mol. The zero-order chi connectivity index (χ0) is 60.5. The molecule has 0 radical (unpaired) electrons. The van der Waals surface area contributed by atoms with Gasteiger partial charge in [0.1, 0.15) is 13.2 Å². The number of hydrogen-bond donors (Lipinski definition) is 3. The Morgan fingerprint density at radius 2 is 0.663 bits per heavy atom. The molecule has 3 atom stereocenters. The van der Waals surface area contributed by atoms with E-state index >= 15 is 0 Å². The number of rotatable bonds is 69. The van der Waals surface area contributed by atoms with E-state index in [2.05, 4.69) is 43.5 Å². The Balaban J connectivity index is 3.96. The van der Waals surface area contributed by atoms with E-state index in [0.29, 0.717) is 17.4 Å². The summed E-state index contributed by atoms with van der Waals surface area (Å²) >= 11 is 0. The van der Waals surface area contributed by atoms with Gasteiger partial charge in [0, 0.05) is 6.42 Å². The highest BCUT2D eigenvalue weighted by molar-refractivity contribution is 7.47. The lowest BCUT2D eigenvalue weighted by Crippen LogP contribution is -2.45. The first-order valence-electron chi connectivity index (χ1n) is 36.9. The fourth-order valence-corrected chi connectivity index (χ4v) is 12.1. The van der Waals surface area contributed by atoms with Crippen molar-refractivity contribution in [2.24, 2.45) is 0 Å². The topological polar surface area (TPSA) is 105 Å². The number of aliphatic hydroxyl groups excluding tert-OH is 1. The van der Waals surface area contributed by atoms with Gasteiger partial charge >= 0.3 is 7.82 Å². The van der Waals surface area contributed by atoms with Gasteiger partial charge in [-0.3, -0.25) is 13.8 Å². The molecule has 83 heavy (non-hydrogen) atoms. The Bertz CT molecular complexity index is 1450. The van der Waals surface area contributed by atoms with Gasteiger partial charge in [-0.1, -0.05) is 352 Å². The zero-order valence-corrected chi connectivity index (χ0v) is 57.4. The molecule has 3 unspecified atom stereocenters. The third kappa shape index (κ3) is 68.1. The summed E-state index contributed by atoms with van der Waals surface area (Å²) in [6.45, 7) is 4.86. The molecule has 0 saturated heterocycles. The molecular formula is C74H146N2O6P+. The number of likely N-dealkylation sites (N-methyl/N-ethyl adjacent to an activating group) is 1. The molecule has 0 fully saturated rings. The van der Waals surface area contributed by atoms with Crippen LogP contribution in [0.1, 0.15) is 380 Å². The van der Waals surface area contributed by atoms with Gasteiger partial charge in [0.15, 0.2) is 0 Å². The van der Waals surface area contributed by atoms with Crippen LogP contribution >= 0.6 is 7.82 Å². The SMILES string of the molecule is CCCCCCCCCCCCCCCCCC/C=C/CC/C=C/C(O)C(COP(=O)(O)OCC[N+](C)(C)C)NC(=O)CCCCCCCCCCCCCCCCCCC/C=C\CCCCCCCCCCCCCCCCCCCC. The van der Waals surface area contributed by atoms with Crippen molar-refractivity contribution < 1.29 is 32.9 Å². The van der Waals surface area contributed by atoms with Gasteiger partial charge in [-0.25, -0.2) is 4.57 Å². The lowest BCUT2D eigenvalue weighted by molar-refractivity contribution is -0.870. The molecule has 0 aliphatic heterocycles. The van der Waals surface area contributed by atoms with E-state index in [0.717, 1.165) is 38.5 Å². The van der Waals surface area contributed by atoms with Crippen LogP contribution in [0, 0.1) is 0 Å². The lowest BCUT2D eigenvalue weighted by atomic mass is 10.0. The molecule has 0 saturated carbocycles. The Hall–Kier alpha value is -1.28. The van der Waals surface area contributed by atoms with Crippen LogP contribution in [-0.4, -0.2) is 73.4 Å². The van der Waals surface area contributed by atoms with Gasteiger partial charge < -0.3 is 19.8 Å². The number of nitrogens with one attached hydrogen (secondary N) is 1. The quantitative estimate of drug-likeness (QED) is 0.0243. The van der Waals surface area contributed by atoms with E-state index in [1.807, 2.05) is 27.2 Å². The monoisotopic (exact) mass is 1190 g/mol. The van der Waals surface area contributed by atoms with E-state index in [4.69, 9.17) is 9.05 Å². The number of carbonyl (C=O) groups is 1. The fraction of sp³-hybridized carbons (Fsp3) is 0.905. The molecular weight excluding hydrogens is 1040 g/mol. The first-order valence-corrected chi connectivity index (χ1v) is 38.4. The highest BCUT2D eigenvalue weighted by Crippen LogP contribution is 2.43. The fourth-order valence-electron chi connectivity index (χ4n) is 11.4. The third-order valence-corrected chi connectivity index (χ3v) is 18.1. The Morgan fingerprint density at radius 1 is 0.398 bits per heavy atom. The van der Waals surface area contributed by atoms with Crippen LogP contribution in [0.4, 0.5) is 0 Å². The minimum Gasteiger partial charge on any atom is -0.387 e. The highest BCUT2D eigenvalue weighted by atomic mass is 31.2. The van der Waals surface area contributed by atoms with Crippen LogP contribution < -0.4 is 5.32 Å². The third-order valence-electron chi connectivity index (χ3n) is 17.1. The Morgan fingerprint density at radius 3 is 0.964 bits per heavy atom. The van der Waals surface area contributed by atoms with E-state index in [9.17, 15) is 19.4 Å². The summed E-state index contributed by atoms with van der Waals surface area (Å²) < 4.78 is 23.8. The predicted octanol–water partition coefficient (Wildman–Crippen LogP) is 23.6. The van der Waals surface area contributed by atoms with Gasteiger partial charge in [0.25, 0.3) is 0 Å². The summed E-state index contributed by atoms with van der Waals surface area (Å²) in [6, 6.07) is -0.864. The van der Waals surface area contributed by atoms with E-state index < -0.39 is 20.0 Å². The van der Waals surface area contributed by atoms with E-state index in [1.165, 1.54) is 321 Å². The van der Waals surface area contributed by atoms with Crippen LogP contribution in [0.5, 0.6) is 0 Å². The zero-order valence-electron chi connectivity index (χ0n) is 56.5. The molecule has 492 valence electrons. The second-order valence-corrected chi connectivity index (χ2v) is 28.1. The van der Waals surface area contributed by atoms with Crippen LogP contribution in [-0.2, 0) is 18.4 Å². The molecule has 0 spiro atoms. The summed E-state index contributed by atoms with van der Waals surface area (Å²) in [5, 5.41) is 14.0. The standard InChI is InChI=1S/C74H145N2O6P/c1-6-8-10-12-14-16-18-20-22-24-26-28-30-31-32-33-34-35-36-37-38-39-40-41-42-43-44-45-46-48-50-52-54-56-58-60-62-64-66-68-74(78)75-72(71-82-83(79,80)81-70-69-76(3,4)5)73(77)67-65-63-61-59-57-55-53-51-49-47-29-27-25-23-21-19-17-15-13-11-9-7-2/h37-38,57,59,65,67,72-73,77H,6-36,39-56,58,60-64,66,68-71H2,1-5H3,(H-,75,78,79,80)/p+1/b38-37-,59-57+,67-65+. The van der Waals surface area contributed by atoms with E-state index in [-0.39, 0.29) is 19.1 Å². The summed E-state index contributed by atoms with van der Waals surface area (Å²) in [4.78, 5) is 23.4. The highest BCUT2D eigenvalue weighted by Gasteiger charge is 2.28. The van der Waals surface area contributed by atoms with Crippen molar-refractivity contribution in [2.45, 2.75) is 392 Å². The second-order valence-electron chi connectivity index (χ2n) is 26.7. The number of hydrogen-bond acceptors (Lipinski definition) is 5. The van der Waals surface area contributed by atoms with Gasteiger partial charge in [0.2, 0.25) is 5.91 Å². The molecule has 0 aliphatic rings. The molecule has 0 bridgehead atoms. The lowest BCUT2D eigenvalue weighted by Gasteiger charge is -2.25. The van der Waals surface area contributed by atoms with Crippen molar-refractivity contribution >= 4 is 13.7 Å². The van der Waals surface area contributed by atoms with Crippen molar-refractivity contribution in [3.63, 3.8) is 0 Å². The molecule has 0 aromatic heterocycles. The van der Waals surface area contributed by atoms with Crippen molar-refractivity contribution in [3.05, 3.63) is 36.5 Å². The number of quaternary nitrogens is 1. The van der Waals surface area contributed by atoms with Gasteiger partial charge in [-0.2, -0.15) is 0 Å². The number of aliphatic hydroxyl groups is 1. The molecule has 0 rings (SSSR count). The summed E-state index contributed by atoms with van der Waals surface area (Å²) in [6.07, 6.45) is 87.6. The number of unbranched alkanes of at least 4 members (excludes halogenated alkanes) is 52. The average Bonchev–Trinajstić information content (AvgIpc) is 3.50. The minimum absolute atomic E-state index is 0.0578. The predicted molar refractivity (Wildman–Crippen MR) is 365 cm³/mol. The van der Waals surface area contributed by atoms with Crippen molar-refractivity contribution in [3.8, 4) is 0 Å². The number of phosphoric acid groups is 1. The number of carbonyl (C=O) groups excluding carboxylic acids is 1. The van der Waals surface area contributed by atoms with Crippen LogP contribution in [0.25, 0.3) is 0 Å². The van der Waals surface area contributed by atoms with Crippen LogP contribution in [0.2, 0.25) is 0 Å². The molecule has 0 aromatic rings. The molecule has 0 heterocycles. The molecule has 8 nitrogen and oxygen atoms in total. The van der Waals surface area contributed by atoms with Crippen molar-refractivity contribution in [2.75, 3.05) is 40.9 Å². The van der Waals surface area contributed by atoms with Crippen molar-refractivity contribution in [1.29, 1.82) is 0 Å². The number of amides is 1. The normalized spacial score (nSPS) is 13.8. The molecule has 3 N–H and O–H groups in total. The molecule has 1 amide bonds. The summed E-state index contributed by atoms with van der Waals surface area (Å²) in [5.74, 6) is -0.180. The second kappa shape index (κ2) is 65.2. The summed E-state index contributed by atoms with van der Waals surface area (Å²) in [7, 11) is 1.57. The number of allylic oxidation sites excluding steroid dienone is 5. The Labute approximate surface area is 518 Å². The number of nitrogens with zero attached hydrogens (tertiary/aromatic N) is 1. The van der Waals surface area contributed by atoms with Crippen LogP contribution in [0.15, 0.2) is 36.5 Å². The van der Waals surface area contributed by atoms with Gasteiger partial charge in [-0.15, -0.1) is 0 Å². The minimum atomic E-state index is -4.36. The first kappa shape index (κ1) is 81.7. The molecule has 0 aliphatic carbocycles. The van der Waals surface area contributed by atoms with Gasteiger partial charge in [-0.05, 0) is 57.8 Å². The summed E-state index contributed by atoms with van der Waals surface area (Å²) in [5.41, 5.74) is 0. The largest absolute Gasteiger partial charge is 0.472 e. The van der Waals surface area contributed by atoms with E-state index in [1.54, 1.807) is 6.08 Å². The Kier molecular flexibility index (Phi) is 64.2. The smallest absolute Gasteiger partial charge is 0.387 e. The molecule has 9 heteroatoms.